The van der Waals surface area contributed by atoms with Crippen molar-refractivity contribution in [1.29, 1.82) is 5.26 Å². The van der Waals surface area contributed by atoms with Crippen molar-refractivity contribution in [1.82, 2.24) is 0 Å². The van der Waals surface area contributed by atoms with Crippen molar-refractivity contribution < 1.29 is 13.3 Å². The molecular weight excluding hydrogens is 348 g/mol. The number of halogens is 1. The molecule has 1 aromatic heterocycles. The van der Waals surface area contributed by atoms with Crippen molar-refractivity contribution >= 4 is 43.9 Å². The Balaban J connectivity index is 2.46. The van der Waals surface area contributed by atoms with Crippen molar-refractivity contribution in [3.8, 4) is 6.07 Å². The maximum Gasteiger partial charge on any atom is 0.324 e. The number of sulfone groups is 1. The third-order valence-corrected chi connectivity index (χ3v) is 5.44. The molecule has 0 N–H and O–H groups in total. The quantitative estimate of drug-likeness (QED) is 0.473. The Morgan fingerprint density at radius 2 is 2.00 bits per heavy atom. The zero-order valence-corrected chi connectivity index (χ0v) is 13.2. The predicted octanol–water partition coefficient (Wildman–Crippen LogP) is 3.65. The highest BCUT2D eigenvalue weighted by Crippen LogP contribution is 2.27. The maximum atomic E-state index is 12.4. The van der Waals surface area contributed by atoms with E-state index >= 15 is 0 Å². The first kappa shape index (κ1) is 16.2. The van der Waals surface area contributed by atoms with Crippen LogP contribution >= 0.6 is 22.9 Å². The van der Waals surface area contributed by atoms with E-state index in [1.54, 1.807) is 6.07 Å². The Labute approximate surface area is 135 Å². The molecule has 112 valence electrons. The summed E-state index contributed by atoms with van der Waals surface area (Å²) < 4.78 is 24.7. The Hall–Kier alpha value is -2.21. The minimum absolute atomic E-state index is 0.0746. The molecule has 0 aliphatic carbocycles. The van der Waals surface area contributed by atoms with Gasteiger partial charge in [-0.05, 0) is 35.9 Å². The number of nitriles is 1. The van der Waals surface area contributed by atoms with Gasteiger partial charge in [-0.1, -0.05) is 22.9 Å². The molecule has 0 unspecified atom stereocenters. The lowest BCUT2D eigenvalue weighted by Crippen LogP contribution is -2.03. The molecule has 0 saturated heterocycles. The largest absolute Gasteiger partial charge is 0.324 e. The zero-order chi connectivity index (χ0) is 16.3. The van der Waals surface area contributed by atoms with Crippen LogP contribution in [0.1, 0.15) is 5.56 Å². The first-order valence-electron chi connectivity index (χ1n) is 5.70. The lowest BCUT2D eigenvalue weighted by molar-refractivity contribution is -0.380. The van der Waals surface area contributed by atoms with Gasteiger partial charge < -0.3 is 0 Å². The molecule has 1 aromatic carbocycles. The Kier molecular flexibility index (Phi) is 4.61. The van der Waals surface area contributed by atoms with E-state index < -0.39 is 19.7 Å². The fraction of sp³-hybridized carbons (Fsp3) is 0. The normalized spacial score (nSPS) is 11.9. The summed E-state index contributed by atoms with van der Waals surface area (Å²) in [6.45, 7) is 0. The zero-order valence-electron chi connectivity index (χ0n) is 10.8. The van der Waals surface area contributed by atoms with E-state index in [9.17, 15) is 18.5 Å². The van der Waals surface area contributed by atoms with Gasteiger partial charge in [0.2, 0.25) is 9.84 Å². The van der Waals surface area contributed by atoms with Gasteiger partial charge in [0, 0.05) is 16.5 Å². The molecule has 0 amide bonds. The fourth-order valence-electron chi connectivity index (χ4n) is 1.57. The van der Waals surface area contributed by atoms with Crippen LogP contribution in [0.2, 0.25) is 5.02 Å². The van der Waals surface area contributed by atoms with E-state index in [4.69, 9.17) is 16.9 Å². The summed E-state index contributed by atoms with van der Waals surface area (Å²) in [5, 5.41) is 21.4. The molecular formula is C13H7ClN2O4S2. The maximum absolute atomic E-state index is 12.4. The third-order valence-electron chi connectivity index (χ3n) is 2.61. The number of thiophene rings is 1. The van der Waals surface area contributed by atoms with Crippen molar-refractivity contribution in [2.24, 2.45) is 0 Å². The molecule has 22 heavy (non-hydrogen) atoms. The van der Waals surface area contributed by atoms with Crippen molar-refractivity contribution in [2.75, 3.05) is 0 Å². The van der Waals surface area contributed by atoms with E-state index in [1.807, 2.05) is 0 Å². The van der Waals surface area contributed by atoms with Gasteiger partial charge in [-0.2, -0.15) is 5.26 Å². The molecule has 0 saturated carbocycles. The van der Waals surface area contributed by atoms with Crippen LogP contribution in [-0.2, 0) is 9.84 Å². The van der Waals surface area contributed by atoms with E-state index in [2.05, 4.69) is 0 Å². The average molecular weight is 355 g/mol. The summed E-state index contributed by atoms with van der Waals surface area (Å²) in [6.07, 6.45) is 1.10. The van der Waals surface area contributed by atoms with Crippen LogP contribution in [0.15, 0.2) is 45.5 Å². The SMILES string of the molecule is N#CC(=Cc1csc([N+](=O)[O-])c1)S(=O)(=O)c1ccc(Cl)cc1. The number of nitro groups is 1. The summed E-state index contributed by atoms with van der Waals surface area (Å²) >= 11 is 6.55. The second-order valence-corrected chi connectivity index (χ2v) is 7.30. The van der Waals surface area contributed by atoms with Gasteiger partial charge in [-0.15, -0.1) is 0 Å². The highest BCUT2D eigenvalue weighted by molar-refractivity contribution is 7.95. The smallest absolute Gasteiger partial charge is 0.258 e. The number of hydrogen-bond acceptors (Lipinski definition) is 6. The first-order chi connectivity index (χ1) is 10.3. The Morgan fingerprint density at radius 1 is 1.36 bits per heavy atom. The molecule has 0 fully saturated rings. The molecule has 2 rings (SSSR count). The number of benzene rings is 1. The van der Waals surface area contributed by atoms with Gasteiger partial charge in [0.1, 0.15) is 11.0 Å². The summed E-state index contributed by atoms with van der Waals surface area (Å²) in [5.74, 6) is 0. The van der Waals surface area contributed by atoms with Gasteiger partial charge in [-0.25, -0.2) is 8.42 Å². The van der Waals surface area contributed by atoms with Crippen LogP contribution in [0.3, 0.4) is 0 Å². The monoisotopic (exact) mass is 354 g/mol. The molecule has 0 aliphatic heterocycles. The van der Waals surface area contributed by atoms with Crippen LogP contribution in [0, 0.1) is 21.4 Å². The molecule has 0 radical (unpaired) electrons. The van der Waals surface area contributed by atoms with E-state index in [0.29, 0.717) is 5.02 Å². The topological polar surface area (TPSA) is 101 Å². The molecule has 0 atom stereocenters. The predicted molar refractivity (Wildman–Crippen MR) is 83.2 cm³/mol. The molecule has 2 aromatic rings. The van der Waals surface area contributed by atoms with Crippen LogP contribution < -0.4 is 0 Å². The van der Waals surface area contributed by atoms with Gasteiger partial charge in [0.15, 0.2) is 0 Å². The summed E-state index contributed by atoms with van der Waals surface area (Å²) in [7, 11) is -4.00. The van der Waals surface area contributed by atoms with Crippen molar-refractivity contribution in [3.63, 3.8) is 0 Å². The van der Waals surface area contributed by atoms with Gasteiger partial charge in [0.05, 0.1) is 9.82 Å². The van der Waals surface area contributed by atoms with Crippen molar-refractivity contribution in [2.45, 2.75) is 4.90 Å². The number of hydrogen-bond donors (Lipinski definition) is 0. The summed E-state index contributed by atoms with van der Waals surface area (Å²) in [4.78, 5) is 9.47. The second kappa shape index (κ2) is 6.27. The second-order valence-electron chi connectivity index (χ2n) is 4.05. The lowest BCUT2D eigenvalue weighted by Gasteiger charge is -2.02. The summed E-state index contributed by atoms with van der Waals surface area (Å²) in [6, 6.07) is 8.21. The first-order valence-corrected chi connectivity index (χ1v) is 8.44. The van der Waals surface area contributed by atoms with Gasteiger partial charge in [0.25, 0.3) is 0 Å². The van der Waals surface area contributed by atoms with Gasteiger partial charge in [-0.3, -0.25) is 10.1 Å². The standard InChI is InChI=1S/C13H7ClN2O4S2/c14-10-1-3-11(4-2-10)22(19,20)12(7-15)5-9-6-13(16(17)18)21-8-9/h1-6,8H. The van der Waals surface area contributed by atoms with Crippen LogP contribution in [-0.4, -0.2) is 13.3 Å². The molecule has 0 spiro atoms. The van der Waals surface area contributed by atoms with Crippen LogP contribution in [0.5, 0.6) is 0 Å². The van der Waals surface area contributed by atoms with Crippen molar-refractivity contribution in [3.05, 3.63) is 61.3 Å². The van der Waals surface area contributed by atoms with Crippen LogP contribution in [0.25, 0.3) is 6.08 Å². The molecule has 1 heterocycles. The molecule has 0 aliphatic rings. The number of rotatable bonds is 4. The number of allylic oxidation sites excluding steroid dienone is 1. The minimum Gasteiger partial charge on any atom is -0.258 e. The van der Waals surface area contributed by atoms with E-state index in [0.717, 1.165) is 17.4 Å². The Bertz CT molecular complexity index is 893. The number of nitrogens with zero attached hydrogens (tertiary/aromatic N) is 2. The van der Waals surface area contributed by atoms with Crippen LogP contribution in [0.4, 0.5) is 5.00 Å². The van der Waals surface area contributed by atoms with Gasteiger partial charge >= 0.3 is 5.00 Å². The highest BCUT2D eigenvalue weighted by atomic mass is 35.5. The summed E-state index contributed by atoms with van der Waals surface area (Å²) in [5.41, 5.74) is 0.283. The fourth-order valence-corrected chi connectivity index (χ4v) is 3.54. The average Bonchev–Trinajstić information content (AvgIpc) is 2.94. The minimum atomic E-state index is -4.00. The highest BCUT2D eigenvalue weighted by Gasteiger charge is 2.21. The van der Waals surface area contributed by atoms with E-state index in [1.165, 1.54) is 35.7 Å². The Morgan fingerprint density at radius 3 is 2.50 bits per heavy atom. The molecule has 6 nitrogen and oxygen atoms in total. The van der Waals surface area contributed by atoms with E-state index in [-0.39, 0.29) is 15.5 Å². The molecule has 0 bridgehead atoms. The third kappa shape index (κ3) is 3.33. The molecule has 9 heteroatoms. The lowest BCUT2D eigenvalue weighted by atomic mass is 10.3.